The van der Waals surface area contributed by atoms with Gasteiger partial charge in [-0.2, -0.15) is 9.90 Å². The van der Waals surface area contributed by atoms with Crippen molar-refractivity contribution < 1.29 is 14.6 Å². The lowest BCUT2D eigenvalue weighted by atomic mass is 10.2. The molecule has 26 heavy (non-hydrogen) atoms. The van der Waals surface area contributed by atoms with Crippen LogP contribution in [0.2, 0.25) is 0 Å². The van der Waals surface area contributed by atoms with Gasteiger partial charge in [-0.1, -0.05) is 30.3 Å². The first-order valence-electron chi connectivity index (χ1n) is 8.24. The molecule has 0 aliphatic heterocycles. The van der Waals surface area contributed by atoms with Crippen molar-refractivity contribution in [3.63, 3.8) is 0 Å². The van der Waals surface area contributed by atoms with Gasteiger partial charge in [-0.3, -0.25) is 4.79 Å². The summed E-state index contributed by atoms with van der Waals surface area (Å²) in [6.07, 6.45) is 0. The largest absolute Gasteiger partial charge is 0.487 e. The third-order valence-corrected chi connectivity index (χ3v) is 3.77. The molecule has 3 rings (SSSR count). The average molecular weight is 352 g/mol. The molecule has 134 valence electrons. The molecule has 0 amide bonds. The van der Waals surface area contributed by atoms with Crippen molar-refractivity contribution >= 4 is 5.97 Å². The number of carboxylic acid groups (broad SMARTS) is 1. The van der Waals surface area contributed by atoms with E-state index in [9.17, 15) is 4.79 Å². The summed E-state index contributed by atoms with van der Waals surface area (Å²) in [4.78, 5) is 12.1. The maximum atomic E-state index is 10.5. The van der Waals surface area contributed by atoms with Gasteiger partial charge in [-0.05, 0) is 36.8 Å². The molecular formula is C19H20N4O3. The van der Waals surface area contributed by atoms with Crippen LogP contribution in [0.4, 0.5) is 0 Å². The first kappa shape index (κ1) is 17.6. The second kappa shape index (κ2) is 8.26. The maximum absolute atomic E-state index is 10.5. The van der Waals surface area contributed by atoms with Gasteiger partial charge >= 0.3 is 5.97 Å². The van der Waals surface area contributed by atoms with E-state index in [1.807, 2.05) is 61.5 Å². The number of carboxylic acids is 1. The topological polar surface area (TPSA) is 89.3 Å². The van der Waals surface area contributed by atoms with Gasteiger partial charge in [-0.25, -0.2) is 0 Å². The van der Waals surface area contributed by atoms with Crippen molar-refractivity contribution in [2.45, 2.75) is 20.1 Å². The fraction of sp³-hybridized carbons (Fsp3) is 0.211. The van der Waals surface area contributed by atoms with E-state index in [-0.39, 0.29) is 6.54 Å². The Bertz CT molecular complexity index is 860. The van der Waals surface area contributed by atoms with Crippen LogP contribution in [0.1, 0.15) is 17.0 Å². The second-order valence-corrected chi connectivity index (χ2v) is 5.79. The summed E-state index contributed by atoms with van der Waals surface area (Å²) in [6.45, 7) is 2.67. The zero-order valence-corrected chi connectivity index (χ0v) is 14.4. The number of ether oxygens (including phenoxy) is 1. The van der Waals surface area contributed by atoms with Crippen LogP contribution in [0.15, 0.2) is 54.6 Å². The Morgan fingerprint density at radius 3 is 2.54 bits per heavy atom. The molecule has 0 unspecified atom stereocenters. The van der Waals surface area contributed by atoms with Crippen LogP contribution in [0.5, 0.6) is 5.75 Å². The summed E-state index contributed by atoms with van der Waals surface area (Å²) in [5, 5.41) is 20.4. The third kappa shape index (κ3) is 4.67. The Kier molecular flexibility index (Phi) is 5.60. The predicted molar refractivity (Wildman–Crippen MR) is 96.2 cm³/mol. The number of para-hydroxylation sites is 1. The summed E-state index contributed by atoms with van der Waals surface area (Å²) in [7, 11) is 0. The summed E-state index contributed by atoms with van der Waals surface area (Å²) in [6, 6.07) is 17.2. The molecular weight excluding hydrogens is 332 g/mol. The van der Waals surface area contributed by atoms with E-state index >= 15 is 0 Å². The molecule has 2 N–H and O–H groups in total. The van der Waals surface area contributed by atoms with Crippen LogP contribution in [0, 0.1) is 6.92 Å². The van der Waals surface area contributed by atoms with E-state index in [0.29, 0.717) is 13.2 Å². The molecule has 0 aliphatic rings. The van der Waals surface area contributed by atoms with Gasteiger partial charge in [0.25, 0.3) is 0 Å². The normalized spacial score (nSPS) is 10.7. The minimum atomic E-state index is -0.871. The van der Waals surface area contributed by atoms with Crippen LogP contribution in [0.3, 0.4) is 0 Å². The minimum absolute atomic E-state index is 0.0609. The van der Waals surface area contributed by atoms with Gasteiger partial charge in [-0.15, -0.1) is 5.10 Å². The molecule has 0 atom stereocenters. The summed E-state index contributed by atoms with van der Waals surface area (Å²) >= 11 is 0. The van der Waals surface area contributed by atoms with Crippen molar-refractivity contribution in [3.05, 3.63) is 71.5 Å². The quantitative estimate of drug-likeness (QED) is 0.647. The Morgan fingerprint density at radius 1 is 1.12 bits per heavy atom. The molecule has 3 aromatic rings. The first-order valence-corrected chi connectivity index (χ1v) is 8.24. The van der Waals surface area contributed by atoms with E-state index in [1.165, 1.54) is 0 Å². The van der Waals surface area contributed by atoms with Crippen molar-refractivity contribution in [1.29, 1.82) is 0 Å². The number of aryl methyl sites for hydroxylation is 1. The van der Waals surface area contributed by atoms with Crippen LogP contribution in [0.25, 0.3) is 5.69 Å². The SMILES string of the molecule is Cc1nn(-c2ccccc2)nc1COc1ccc(CNCC(=O)O)cc1. The third-order valence-electron chi connectivity index (χ3n) is 3.77. The lowest BCUT2D eigenvalue weighted by Crippen LogP contribution is -2.21. The molecule has 0 aliphatic carbocycles. The number of aromatic nitrogens is 3. The highest BCUT2D eigenvalue weighted by molar-refractivity contribution is 5.68. The number of nitrogens with one attached hydrogen (secondary N) is 1. The summed E-state index contributed by atoms with van der Waals surface area (Å²) in [5.41, 5.74) is 3.49. The highest BCUT2D eigenvalue weighted by Gasteiger charge is 2.09. The molecule has 7 heteroatoms. The van der Waals surface area contributed by atoms with E-state index in [4.69, 9.17) is 9.84 Å². The van der Waals surface area contributed by atoms with Gasteiger partial charge in [0.15, 0.2) is 0 Å². The van der Waals surface area contributed by atoms with Crippen molar-refractivity contribution in [1.82, 2.24) is 20.3 Å². The van der Waals surface area contributed by atoms with Crippen LogP contribution in [-0.2, 0) is 17.9 Å². The molecule has 0 spiro atoms. The highest BCUT2D eigenvalue weighted by atomic mass is 16.5. The Morgan fingerprint density at radius 2 is 1.85 bits per heavy atom. The van der Waals surface area contributed by atoms with Gasteiger partial charge < -0.3 is 15.2 Å². The Balaban J connectivity index is 1.57. The lowest BCUT2D eigenvalue weighted by Gasteiger charge is -2.06. The molecule has 1 aromatic heterocycles. The average Bonchev–Trinajstić information content (AvgIpc) is 3.02. The van der Waals surface area contributed by atoms with E-state index < -0.39 is 5.97 Å². The number of benzene rings is 2. The highest BCUT2D eigenvalue weighted by Crippen LogP contribution is 2.15. The molecule has 0 bridgehead atoms. The van der Waals surface area contributed by atoms with Crippen LogP contribution >= 0.6 is 0 Å². The molecule has 7 nitrogen and oxygen atoms in total. The fourth-order valence-corrected chi connectivity index (χ4v) is 2.39. The van der Waals surface area contributed by atoms with Crippen LogP contribution in [-0.4, -0.2) is 32.6 Å². The Labute approximate surface area is 151 Å². The lowest BCUT2D eigenvalue weighted by molar-refractivity contribution is -0.135. The molecule has 0 radical (unpaired) electrons. The first-order chi connectivity index (χ1) is 12.6. The zero-order valence-electron chi connectivity index (χ0n) is 14.4. The molecule has 0 fully saturated rings. The van der Waals surface area contributed by atoms with E-state index in [0.717, 1.165) is 28.4 Å². The molecule has 0 saturated carbocycles. The van der Waals surface area contributed by atoms with E-state index in [1.54, 1.807) is 4.80 Å². The molecule has 2 aromatic carbocycles. The Hall–Kier alpha value is -3.19. The summed E-state index contributed by atoms with van der Waals surface area (Å²) in [5.74, 6) is -0.149. The van der Waals surface area contributed by atoms with Crippen molar-refractivity contribution in [3.8, 4) is 11.4 Å². The van der Waals surface area contributed by atoms with Crippen LogP contribution < -0.4 is 10.1 Å². The van der Waals surface area contributed by atoms with Crippen molar-refractivity contribution in [2.24, 2.45) is 0 Å². The van der Waals surface area contributed by atoms with Gasteiger partial charge in [0.05, 0.1) is 17.9 Å². The van der Waals surface area contributed by atoms with Gasteiger partial charge in [0, 0.05) is 6.54 Å². The predicted octanol–water partition coefficient (Wildman–Crippen LogP) is 2.33. The maximum Gasteiger partial charge on any atom is 0.317 e. The number of nitrogens with zero attached hydrogens (tertiary/aromatic N) is 3. The van der Waals surface area contributed by atoms with Gasteiger partial charge in [0.1, 0.15) is 18.1 Å². The number of aliphatic carboxylic acids is 1. The standard InChI is InChI=1S/C19H20N4O3/c1-14-18(22-23(21-14)16-5-3-2-4-6-16)13-26-17-9-7-15(8-10-17)11-20-12-19(24)25/h2-10,20H,11-13H2,1H3,(H,24,25). The van der Waals surface area contributed by atoms with Gasteiger partial charge in [0.2, 0.25) is 0 Å². The van der Waals surface area contributed by atoms with E-state index in [2.05, 4.69) is 15.5 Å². The number of carbonyl (C=O) groups is 1. The smallest absolute Gasteiger partial charge is 0.317 e. The summed E-state index contributed by atoms with van der Waals surface area (Å²) < 4.78 is 5.79. The number of rotatable bonds is 8. The minimum Gasteiger partial charge on any atom is -0.487 e. The fourth-order valence-electron chi connectivity index (χ4n) is 2.39. The number of hydrogen-bond acceptors (Lipinski definition) is 5. The zero-order chi connectivity index (χ0) is 18.4. The van der Waals surface area contributed by atoms with Crippen molar-refractivity contribution in [2.75, 3.05) is 6.54 Å². The second-order valence-electron chi connectivity index (χ2n) is 5.79. The molecule has 1 heterocycles. The molecule has 0 saturated heterocycles. The number of hydrogen-bond donors (Lipinski definition) is 2. The monoisotopic (exact) mass is 352 g/mol.